The van der Waals surface area contributed by atoms with Gasteiger partial charge in [0.1, 0.15) is 11.3 Å². The van der Waals surface area contributed by atoms with Gasteiger partial charge in [0.15, 0.2) is 0 Å². The first-order valence-corrected chi connectivity index (χ1v) is 9.98. The number of rotatable bonds is 5. The lowest BCUT2D eigenvalue weighted by atomic mass is 9.90. The number of hydrogen-bond donors (Lipinski definition) is 0. The summed E-state index contributed by atoms with van der Waals surface area (Å²) >= 11 is -0.609. The molecule has 0 saturated heterocycles. The SMILES string of the molecule is Cc1ccc2cccc([O][Al][O]C3CC=CC=C3C3=CC=CCC3)c2n1. The molecule has 1 atom stereocenters. The van der Waals surface area contributed by atoms with Crippen LogP contribution in [0.5, 0.6) is 5.75 Å². The molecule has 2 aliphatic rings. The number of fused-ring (bicyclic) bond motifs is 1. The minimum atomic E-state index is -0.609. The highest BCUT2D eigenvalue weighted by Gasteiger charge is 2.21. The van der Waals surface area contributed by atoms with Gasteiger partial charge in [0.25, 0.3) is 0 Å². The van der Waals surface area contributed by atoms with Crippen LogP contribution in [0.3, 0.4) is 0 Å². The Labute approximate surface area is 161 Å². The largest absolute Gasteiger partial charge is 0.774 e. The van der Waals surface area contributed by atoms with Gasteiger partial charge in [0.2, 0.25) is 0 Å². The van der Waals surface area contributed by atoms with Crippen LogP contribution in [0.1, 0.15) is 25.0 Å². The Balaban J connectivity index is 1.45. The summed E-state index contributed by atoms with van der Waals surface area (Å²) < 4.78 is 12.2. The van der Waals surface area contributed by atoms with Gasteiger partial charge in [-0.1, -0.05) is 54.7 Å². The third-order valence-electron chi connectivity index (χ3n) is 4.71. The lowest BCUT2D eigenvalue weighted by Crippen LogP contribution is -2.23. The molecule has 4 heteroatoms. The van der Waals surface area contributed by atoms with Crippen LogP contribution in [0, 0.1) is 6.92 Å². The molecule has 0 aliphatic heterocycles. The maximum atomic E-state index is 6.18. The summed E-state index contributed by atoms with van der Waals surface area (Å²) in [5.41, 5.74) is 4.57. The molecule has 0 spiro atoms. The highest BCUT2D eigenvalue weighted by molar-refractivity contribution is 6.20. The zero-order valence-electron chi connectivity index (χ0n) is 14.9. The van der Waals surface area contributed by atoms with Crippen LogP contribution in [0.2, 0.25) is 0 Å². The van der Waals surface area contributed by atoms with Crippen molar-refractivity contribution in [3.05, 3.63) is 83.6 Å². The molecule has 0 amide bonds. The molecule has 129 valence electrons. The van der Waals surface area contributed by atoms with Crippen LogP contribution < -0.4 is 3.79 Å². The molecule has 2 aromatic rings. The Kier molecular flexibility index (Phi) is 5.36. The van der Waals surface area contributed by atoms with Crippen LogP contribution in [0.4, 0.5) is 0 Å². The fourth-order valence-corrected chi connectivity index (χ4v) is 4.09. The van der Waals surface area contributed by atoms with Crippen molar-refractivity contribution in [2.24, 2.45) is 0 Å². The topological polar surface area (TPSA) is 31.4 Å². The molecular weight excluding hydrogens is 337 g/mol. The molecule has 0 fully saturated rings. The van der Waals surface area contributed by atoms with Gasteiger partial charge in [0, 0.05) is 11.1 Å². The number of hydrogen-bond acceptors (Lipinski definition) is 3. The molecule has 1 unspecified atom stereocenters. The van der Waals surface area contributed by atoms with Gasteiger partial charge in [-0.05, 0) is 49.5 Å². The van der Waals surface area contributed by atoms with Gasteiger partial charge in [-0.3, -0.25) is 0 Å². The molecule has 1 aromatic carbocycles. The Morgan fingerprint density at radius 1 is 1.08 bits per heavy atom. The van der Waals surface area contributed by atoms with Gasteiger partial charge < -0.3 is 7.58 Å². The second-order valence-electron chi connectivity index (χ2n) is 6.56. The molecule has 3 nitrogen and oxygen atoms in total. The van der Waals surface area contributed by atoms with Crippen molar-refractivity contribution in [3.8, 4) is 5.75 Å². The van der Waals surface area contributed by atoms with E-state index in [1.54, 1.807) is 0 Å². The van der Waals surface area contributed by atoms with E-state index in [-0.39, 0.29) is 6.10 Å². The Hall–Kier alpha value is -2.12. The van der Waals surface area contributed by atoms with E-state index in [0.29, 0.717) is 0 Å². The van der Waals surface area contributed by atoms with Gasteiger partial charge in [-0.15, -0.1) is 0 Å². The van der Waals surface area contributed by atoms with Crippen molar-refractivity contribution in [2.75, 3.05) is 0 Å². The molecular formula is C22H21AlNO2. The summed E-state index contributed by atoms with van der Waals surface area (Å²) in [7, 11) is 0. The summed E-state index contributed by atoms with van der Waals surface area (Å²) in [5.74, 6) is 0.804. The zero-order valence-corrected chi connectivity index (χ0v) is 16.0. The summed E-state index contributed by atoms with van der Waals surface area (Å²) in [4.78, 5) is 4.62. The summed E-state index contributed by atoms with van der Waals surface area (Å²) in [6.07, 6.45) is 16.2. The van der Waals surface area contributed by atoms with Gasteiger partial charge >= 0.3 is 15.9 Å². The fraction of sp³-hybridized carbons (Fsp3) is 0.227. The maximum absolute atomic E-state index is 6.18. The lowest BCUT2D eigenvalue weighted by Gasteiger charge is -2.25. The number of allylic oxidation sites excluding steroid dienone is 5. The number of aromatic nitrogens is 1. The summed E-state index contributed by atoms with van der Waals surface area (Å²) in [6.45, 7) is 2.00. The van der Waals surface area contributed by atoms with Crippen LogP contribution in [0.25, 0.3) is 10.9 Å². The van der Waals surface area contributed by atoms with Crippen LogP contribution in [-0.2, 0) is 3.79 Å². The van der Waals surface area contributed by atoms with Crippen molar-refractivity contribution in [1.82, 2.24) is 4.98 Å². The first kappa shape index (κ1) is 17.3. The third-order valence-corrected chi connectivity index (χ3v) is 5.50. The predicted octanol–water partition coefficient (Wildman–Crippen LogP) is 5.00. The van der Waals surface area contributed by atoms with Crippen molar-refractivity contribution < 1.29 is 7.58 Å². The molecule has 4 rings (SSSR count). The lowest BCUT2D eigenvalue weighted by molar-refractivity contribution is 0.222. The fourth-order valence-electron chi connectivity index (χ4n) is 3.35. The Morgan fingerprint density at radius 2 is 2.00 bits per heavy atom. The van der Waals surface area contributed by atoms with E-state index in [4.69, 9.17) is 7.58 Å². The van der Waals surface area contributed by atoms with E-state index in [1.165, 1.54) is 11.1 Å². The third kappa shape index (κ3) is 3.83. The molecule has 1 radical (unpaired) electrons. The maximum Gasteiger partial charge on any atom is 0.774 e. The van der Waals surface area contributed by atoms with E-state index in [2.05, 4.69) is 53.6 Å². The van der Waals surface area contributed by atoms with Gasteiger partial charge in [0.05, 0.1) is 6.10 Å². The molecule has 0 saturated carbocycles. The van der Waals surface area contributed by atoms with Crippen LogP contribution in [-0.4, -0.2) is 27.0 Å². The number of pyridine rings is 1. The van der Waals surface area contributed by atoms with Crippen molar-refractivity contribution in [1.29, 1.82) is 0 Å². The summed E-state index contributed by atoms with van der Waals surface area (Å²) in [5, 5.41) is 1.09. The van der Waals surface area contributed by atoms with E-state index in [0.717, 1.165) is 41.6 Å². The Bertz CT molecular complexity index is 927. The minimum Gasteiger partial charge on any atom is -0.624 e. The number of aryl methyl sites for hydroxylation is 1. The van der Waals surface area contributed by atoms with Gasteiger partial charge in [-0.25, -0.2) is 4.98 Å². The quantitative estimate of drug-likeness (QED) is 0.705. The van der Waals surface area contributed by atoms with E-state index < -0.39 is 15.9 Å². The number of para-hydroxylation sites is 1. The standard InChI is InChI=1S/C12H13O.C10H9NO.Al/c13-12-9-5-4-8-11(12)10-6-2-1-3-7-10;1-7-5-6-8-3-2-4-9(12)10(8)11-7;/h1-2,4-6,8,12H,3,7,9H2;2-6,12H,1H3;/q-1;;+2/p-1. The molecule has 1 heterocycles. The highest BCUT2D eigenvalue weighted by atomic mass is 27.2. The van der Waals surface area contributed by atoms with Crippen molar-refractivity contribution >= 4 is 26.8 Å². The molecule has 0 bridgehead atoms. The normalized spacial score (nSPS) is 19.2. The van der Waals surface area contributed by atoms with E-state index in [9.17, 15) is 0 Å². The molecule has 0 N–H and O–H groups in total. The highest BCUT2D eigenvalue weighted by Crippen LogP contribution is 2.29. The van der Waals surface area contributed by atoms with Crippen LogP contribution >= 0.6 is 0 Å². The second-order valence-corrected chi connectivity index (χ2v) is 7.26. The molecule has 1 aromatic heterocycles. The Morgan fingerprint density at radius 3 is 2.88 bits per heavy atom. The monoisotopic (exact) mass is 358 g/mol. The first-order valence-electron chi connectivity index (χ1n) is 9.04. The minimum absolute atomic E-state index is 0.0809. The van der Waals surface area contributed by atoms with Crippen molar-refractivity contribution in [2.45, 2.75) is 32.3 Å². The number of benzene rings is 1. The molecule has 26 heavy (non-hydrogen) atoms. The second kappa shape index (κ2) is 8.05. The average molecular weight is 358 g/mol. The molecule has 2 aliphatic carbocycles. The van der Waals surface area contributed by atoms with Crippen molar-refractivity contribution in [3.63, 3.8) is 0 Å². The first-order chi connectivity index (χ1) is 12.8. The smallest absolute Gasteiger partial charge is 0.624 e. The number of nitrogens with zero attached hydrogens (tertiary/aromatic N) is 1. The summed E-state index contributed by atoms with van der Waals surface area (Å²) in [6, 6.07) is 10.1. The van der Waals surface area contributed by atoms with Crippen LogP contribution in [0.15, 0.2) is 77.9 Å². The van der Waals surface area contributed by atoms with E-state index >= 15 is 0 Å². The van der Waals surface area contributed by atoms with E-state index in [1.807, 2.05) is 25.1 Å². The van der Waals surface area contributed by atoms with Gasteiger partial charge in [-0.2, -0.15) is 0 Å². The average Bonchev–Trinajstić information content (AvgIpc) is 2.69. The predicted molar refractivity (Wildman–Crippen MR) is 106 cm³/mol. The zero-order chi connectivity index (χ0) is 17.8.